The maximum atomic E-state index is 12.5. The lowest BCUT2D eigenvalue weighted by molar-refractivity contribution is -0.140. The lowest BCUT2D eigenvalue weighted by Crippen LogP contribution is -2.17. The van der Waals surface area contributed by atoms with Gasteiger partial charge in [-0.1, -0.05) is 0 Å². The van der Waals surface area contributed by atoms with Crippen LogP contribution in [0.1, 0.15) is 15.4 Å². The highest BCUT2D eigenvalue weighted by atomic mass is 32.1. The van der Waals surface area contributed by atoms with E-state index in [1.165, 1.54) is 13.1 Å². The van der Waals surface area contributed by atoms with Gasteiger partial charge in [0, 0.05) is 12.4 Å². The van der Waals surface area contributed by atoms with E-state index in [-0.39, 0.29) is 15.4 Å². The van der Waals surface area contributed by atoms with Crippen LogP contribution < -0.4 is 11.1 Å². The molecule has 2 aromatic rings. The number of hydrogen-bond donors (Lipinski definition) is 2. The summed E-state index contributed by atoms with van der Waals surface area (Å²) in [6.45, 7) is 0. The number of pyridine rings is 1. The number of aromatic nitrogens is 1. The first kappa shape index (κ1) is 12.6. The molecule has 18 heavy (non-hydrogen) atoms. The van der Waals surface area contributed by atoms with Crippen LogP contribution in [0.2, 0.25) is 0 Å². The predicted octanol–water partition coefficient (Wildman–Crippen LogP) is 2.26. The highest BCUT2D eigenvalue weighted by Gasteiger charge is 2.33. The van der Waals surface area contributed by atoms with E-state index in [0.717, 1.165) is 17.4 Å². The topological polar surface area (TPSA) is 68.0 Å². The number of nitrogens with zero attached hydrogens (tertiary/aromatic N) is 1. The number of rotatable bonds is 1. The molecule has 2 heterocycles. The molecule has 0 aromatic carbocycles. The molecule has 1 amide bonds. The van der Waals surface area contributed by atoms with Crippen molar-refractivity contribution in [2.24, 2.45) is 0 Å². The second kappa shape index (κ2) is 4.13. The van der Waals surface area contributed by atoms with Crippen LogP contribution in [-0.4, -0.2) is 17.9 Å². The number of carbonyl (C=O) groups excluding carboxylic acids is 1. The van der Waals surface area contributed by atoms with Crippen molar-refractivity contribution in [1.29, 1.82) is 0 Å². The number of thiophene rings is 1. The van der Waals surface area contributed by atoms with E-state index in [2.05, 4.69) is 10.3 Å². The molecule has 0 bridgehead atoms. The van der Waals surface area contributed by atoms with Crippen molar-refractivity contribution in [2.75, 3.05) is 12.8 Å². The monoisotopic (exact) mass is 275 g/mol. The van der Waals surface area contributed by atoms with Crippen molar-refractivity contribution in [1.82, 2.24) is 10.3 Å². The van der Waals surface area contributed by atoms with Crippen LogP contribution >= 0.6 is 11.3 Å². The Hall–Kier alpha value is -1.83. The third-order valence-corrected chi connectivity index (χ3v) is 3.43. The summed E-state index contributed by atoms with van der Waals surface area (Å²) in [5, 5.41) is 2.72. The second-order valence-electron chi connectivity index (χ2n) is 3.47. The molecule has 0 aliphatic rings. The van der Waals surface area contributed by atoms with Crippen LogP contribution in [-0.2, 0) is 6.18 Å². The number of anilines is 1. The first-order chi connectivity index (χ1) is 8.34. The highest BCUT2D eigenvalue weighted by Crippen LogP contribution is 2.35. The first-order valence-electron chi connectivity index (χ1n) is 4.83. The van der Waals surface area contributed by atoms with E-state index in [0.29, 0.717) is 5.39 Å². The third-order valence-electron chi connectivity index (χ3n) is 2.32. The summed E-state index contributed by atoms with van der Waals surface area (Å²) in [5.74, 6) is -0.441. The molecular formula is C10H8F3N3OS. The molecule has 0 saturated heterocycles. The molecule has 0 radical (unpaired) electrons. The Morgan fingerprint density at radius 1 is 1.44 bits per heavy atom. The van der Waals surface area contributed by atoms with Crippen LogP contribution in [0.3, 0.4) is 0 Å². The lowest BCUT2D eigenvalue weighted by atomic mass is 10.2. The maximum absolute atomic E-state index is 12.5. The second-order valence-corrected chi connectivity index (χ2v) is 4.47. The normalized spacial score (nSPS) is 11.8. The van der Waals surface area contributed by atoms with E-state index in [1.54, 1.807) is 0 Å². The summed E-state index contributed by atoms with van der Waals surface area (Å²) in [6.07, 6.45) is -4.51. The number of amides is 1. The minimum Gasteiger partial charge on any atom is -0.397 e. The number of carbonyl (C=O) groups is 1. The van der Waals surface area contributed by atoms with Gasteiger partial charge in [-0.3, -0.25) is 4.79 Å². The fourth-order valence-electron chi connectivity index (χ4n) is 1.44. The van der Waals surface area contributed by atoms with Gasteiger partial charge in [-0.05, 0) is 12.1 Å². The van der Waals surface area contributed by atoms with E-state index < -0.39 is 17.8 Å². The number of nitrogens with one attached hydrogen (secondary N) is 1. The van der Waals surface area contributed by atoms with Gasteiger partial charge in [0.1, 0.15) is 15.4 Å². The summed E-state index contributed by atoms with van der Waals surface area (Å²) in [7, 11) is 1.42. The predicted molar refractivity (Wildman–Crippen MR) is 62.4 cm³/mol. The fourth-order valence-corrected chi connectivity index (χ4v) is 2.48. The molecule has 0 fully saturated rings. The number of nitrogens with two attached hydrogens (primary N) is 1. The molecular weight excluding hydrogens is 267 g/mol. The summed E-state index contributed by atoms with van der Waals surface area (Å²) in [5.41, 5.74) is 4.85. The summed E-state index contributed by atoms with van der Waals surface area (Å²) in [6, 6.07) is 2.07. The Labute approximate surface area is 104 Å². The number of alkyl halides is 3. The quantitative estimate of drug-likeness (QED) is 0.838. The Balaban J connectivity index is 2.62. The van der Waals surface area contributed by atoms with Gasteiger partial charge in [0.25, 0.3) is 5.91 Å². The molecule has 0 spiro atoms. The van der Waals surface area contributed by atoms with E-state index in [1.807, 2.05) is 0 Å². The van der Waals surface area contributed by atoms with Gasteiger partial charge in [0.2, 0.25) is 0 Å². The molecule has 0 atom stereocenters. The summed E-state index contributed by atoms with van der Waals surface area (Å²) in [4.78, 5) is 15.2. The van der Waals surface area contributed by atoms with Gasteiger partial charge in [0.15, 0.2) is 0 Å². The zero-order chi connectivity index (χ0) is 13.5. The van der Waals surface area contributed by atoms with Crippen LogP contribution in [0, 0.1) is 0 Å². The van der Waals surface area contributed by atoms with Crippen molar-refractivity contribution in [3.63, 3.8) is 0 Å². The number of hydrogen-bond acceptors (Lipinski definition) is 4. The van der Waals surface area contributed by atoms with E-state index in [4.69, 9.17) is 5.73 Å². The van der Waals surface area contributed by atoms with Crippen LogP contribution in [0.25, 0.3) is 10.2 Å². The van der Waals surface area contributed by atoms with Crippen molar-refractivity contribution in [3.05, 3.63) is 22.7 Å². The largest absolute Gasteiger partial charge is 0.433 e. The van der Waals surface area contributed by atoms with Crippen LogP contribution in [0.4, 0.5) is 18.9 Å². The van der Waals surface area contributed by atoms with Gasteiger partial charge in [-0.2, -0.15) is 13.2 Å². The molecule has 4 nitrogen and oxygen atoms in total. The van der Waals surface area contributed by atoms with Crippen molar-refractivity contribution in [2.45, 2.75) is 6.18 Å². The van der Waals surface area contributed by atoms with E-state index >= 15 is 0 Å². The van der Waals surface area contributed by atoms with E-state index in [9.17, 15) is 18.0 Å². The third kappa shape index (κ3) is 1.99. The Kier molecular flexibility index (Phi) is 2.89. The standard InChI is InChI=1S/C10H8F3N3OS/c1-15-8(17)7-6(14)4-2-3-5(10(11,12)13)16-9(4)18-7/h2-3H,14H2,1H3,(H,15,17). The van der Waals surface area contributed by atoms with Crippen molar-refractivity contribution < 1.29 is 18.0 Å². The summed E-state index contributed by atoms with van der Waals surface area (Å²) < 4.78 is 37.4. The Bertz CT molecular complexity index is 621. The zero-order valence-electron chi connectivity index (χ0n) is 9.13. The average molecular weight is 275 g/mol. The smallest absolute Gasteiger partial charge is 0.397 e. The van der Waals surface area contributed by atoms with Gasteiger partial charge in [0.05, 0.1) is 5.69 Å². The zero-order valence-corrected chi connectivity index (χ0v) is 9.95. The van der Waals surface area contributed by atoms with Gasteiger partial charge in [-0.25, -0.2) is 4.98 Å². The fraction of sp³-hybridized carbons (Fsp3) is 0.200. The summed E-state index contributed by atoms with van der Waals surface area (Å²) >= 11 is 0.839. The highest BCUT2D eigenvalue weighted by molar-refractivity contribution is 7.21. The van der Waals surface area contributed by atoms with Crippen LogP contribution in [0.5, 0.6) is 0 Å². The van der Waals surface area contributed by atoms with Crippen molar-refractivity contribution in [3.8, 4) is 0 Å². The minimum absolute atomic E-state index is 0.0981. The molecule has 96 valence electrons. The molecule has 0 aliphatic carbocycles. The number of nitrogen functional groups attached to an aromatic ring is 1. The number of fused-ring (bicyclic) bond motifs is 1. The molecule has 3 N–H and O–H groups in total. The van der Waals surface area contributed by atoms with Gasteiger partial charge in [-0.15, -0.1) is 11.3 Å². The van der Waals surface area contributed by atoms with Gasteiger partial charge < -0.3 is 11.1 Å². The average Bonchev–Trinajstić information content (AvgIpc) is 2.64. The van der Waals surface area contributed by atoms with Crippen molar-refractivity contribution >= 4 is 33.1 Å². The molecule has 2 aromatic heterocycles. The number of halogens is 3. The molecule has 0 saturated carbocycles. The Morgan fingerprint density at radius 2 is 2.11 bits per heavy atom. The maximum Gasteiger partial charge on any atom is 0.433 e. The lowest BCUT2D eigenvalue weighted by Gasteiger charge is -2.04. The SMILES string of the molecule is CNC(=O)c1sc2nc(C(F)(F)F)ccc2c1N. The molecule has 0 aliphatic heterocycles. The molecule has 2 rings (SSSR count). The minimum atomic E-state index is -4.51. The molecule has 8 heteroatoms. The molecule has 0 unspecified atom stereocenters. The van der Waals surface area contributed by atoms with Gasteiger partial charge >= 0.3 is 6.18 Å². The first-order valence-corrected chi connectivity index (χ1v) is 5.64. The Morgan fingerprint density at radius 3 is 2.67 bits per heavy atom. The van der Waals surface area contributed by atoms with Crippen LogP contribution in [0.15, 0.2) is 12.1 Å².